The van der Waals surface area contributed by atoms with Crippen LogP contribution in [0.5, 0.6) is 0 Å². The summed E-state index contributed by atoms with van der Waals surface area (Å²) < 4.78 is 46.4. The summed E-state index contributed by atoms with van der Waals surface area (Å²) in [4.78, 5) is 28.7. The number of aromatic nitrogens is 3. The van der Waals surface area contributed by atoms with E-state index in [9.17, 15) is 18.0 Å². The summed E-state index contributed by atoms with van der Waals surface area (Å²) in [6, 6.07) is 0. The van der Waals surface area contributed by atoms with E-state index < -0.39 is 11.7 Å². The molecule has 2 aliphatic rings. The largest absolute Gasteiger partial charge is 0.443 e. The number of hydrogen-bond donors (Lipinski definition) is 3. The predicted octanol–water partition coefficient (Wildman–Crippen LogP) is 2.82. The molecule has 13 heteroatoms. The second-order valence-corrected chi connectivity index (χ2v) is 9.60. The van der Waals surface area contributed by atoms with Crippen LogP contribution >= 0.6 is 0 Å². The van der Waals surface area contributed by atoms with E-state index in [0.717, 1.165) is 45.2 Å². The molecule has 0 saturated carbocycles. The molecular formula is C23H33F3N8O2. The highest BCUT2D eigenvalue weighted by Gasteiger charge is 2.35. The third-order valence-corrected chi connectivity index (χ3v) is 6.59. The fraction of sp³-hybridized carbons (Fsp3) is 0.652. The number of oxazole rings is 1. The number of hydrogen-bond acceptors (Lipinski definition) is 9. The first-order chi connectivity index (χ1) is 17.1. The third kappa shape index (κ3) is 6.44. The van der Waals surface area contributed by atoms with Crippen LogP contribution < -0.4 is 16.0 Å². The monoisotopic (exact) mass is 510 g/mol. The molecule has 4 rings (SSSR count). The summed E-state index contributed by atoms with van der Waals surface area (Å²) in [5.41, 5.74) is -0.960. The average Bonchev–Trinajstić information content (AvgIpc) is 3.16. The van der Waals surface area contributed by atoms with Crippen LogP contribution in [0.1, 0.15) is 42.4 Å². The summed E-state index contributed by atoms with van der Waals surface area (Å²) >= 11 is 0. The Kier molecular flexibility index (Phi) is 7.98. The summed E-state index contributed by atoms with van der Waals surface area (Å²) in [5, 5.41) is 8.46. The minimum atomic E-state index is -4.61. The molecule has 0 atom stereocenters. The van der Waals surface area contributed by atoms with Crippen LogP contribution in [0.25, 0.3) is 0 Å². The van der Waals surface area contributed by atoms with E-state index in [4.69, 9.17) is 4.42 Å². The highest BCUT2D eigenvalue weighted by Crippen LogP contribution is 2.35. The van der Waals surface area contributed by atoms with Crippen LogP contribution in [0.2, 0.25) is 0 Å². The minimum absolute atomic E-state index is 0.0146. The lowest BCUT2D eigenvalue weighted by Crippen LogP contribution is -2.51. The molecule has 0 aliphatic carbocycles. The van der Waals surface area contributed by atoms with Crippen molar-refractivity contribution in [1.29, 1.82) is 0 Å². The van der Waals surface area contributed by atoms with Crippen molar-refractivity contribution < 1.29 is 22.4 Å². The van der Waals surface area contributed by atoms with Gasteiger partial charge in [-0.3, -0.25) is 4.79 Å². The van der Waals surface area contributed by atoms with Crippen molar-refractivity contribution in [3.05, 3.63) is 23.4 Å². The maximum Gasteiger partial charge on any atom is 0.421 e. The molecule has 0 spiro atoms. The Balaban J connectivity index is 1.36. The quantitative estimate of drug-likeness (QED) is 0.439. The summed E-state index contributed by atoms with van der Waals surface area (Å²) in [6.07, 6.45) is -1.56. The summed E-state index contributed by atoms with van der Waals surface area (Å²) in [6.45, 7) is 5.66. The molecule has 2 aromatic rings. The Hall–Kier alpha value is -2.93. The first kappa shape index (κ1) is 26.1. The van der Waals surface area contributed by atoms with Crippen LogP contribution in [0, 0.1) is 12.8 Å². The molecule has 2 fully saturated rings. The van der Waals surface area contributed by atoms with Gasteiger partial charge in [-0.25, -0.2) is 4.98 Å². The SMILES string of the molecule is Cc1oc(C2CCN(C)CC2)nc1Nc1ncc(C(F)(F)F)c(NCCCNC(=O)C2CN(C)C2)n1. The summed E-state index contributed by atoms with van der Waals surface area (Å²) in [5.74, 6) is 1.34. The van der Waals surface area contributed by atoms with Gasteiger partial charge in [0.15, 0.2) is 11.7 Å². The number of aryl methyl sites for hydroxylation is 1. The number of likely N-dealkylation sites (tertiary alicyclic amines) is 2. The van der Waals surface area contributed by atoms with Crippen molar-refractivity contribution in [3.63, 3.8) is 0 Å². The van der Waals surface area contributed by atoms with Crippen LogP contribution in [0.4, 0.5) is 30.8 Å². The Morgan fingerprint density at radius 2 is 1.83 bits per heavy atom. The second-order valence-electron chi connectivity index (χ2n) is 9.60. The Bertz CT molecular complexity index is 1050. The molecular weight excluding hydrogens is 477 g/mol. The maximum absolute atomic E-state index is 13.5. The number of anilines is 3. The zero-order chi connectivity index (χ0) is 25.9. The highest BCUT2D eigenvalue weighted by atomic mass is 19.4. The topological polar surface area (TPSA) is 111 Å². The van der Waals surface area contributed by atoms with Crippen LogP contribution in [0.15, 0.2) is 10.6 Å². The van der Waals surface area contributed by atoms with Gasteiger partial charge < -0.3 is 30.2 Å². The van der Waals surface area contributed by atoms with Crippen LogP contribution in [-0.4, -0.2) is 84.0 Å². The molecule has 0 aromatic carbocycles. The van der Waals surface area contributed by atoms with Gasteiger partial charge in [0.05, 0.1) is 5.92 Å². The molecule has 0 unspecified atom stereocenters. The maximum atomic E-state index is 13.5. The smallest absolute Gasteiger partial charge is 0.421 e. The zero-order valence-electron chi connectivity index (χ0n) is 20.8. The first-order valence-electron chi connectivity index (χ1n) is 12.2. The fourth-order valence-electron chi connectivity index (χ4n) is 4.37. The minimum Gasteiger partial charge on any atom is -0.443 e. The first-order valence-corrected chi connectivity index (χ1v) is 12.2. The van der Waals surface area contributed by atoms with Crippen molar-refractivity contribution in [3.8, 4) is 0 Å². The lowest BCUT2D eigenvalue weighted by Gasteiger charge is -2.34. The number of rotatable bonds is 9. The number of amides is 1. The van der Waals surface area contributed by atoms with Gasteiger partial charge in [0.1, 0.15) is 17.1 Å². The predicted molar refractivity (Wildman–Crippen MR) is 128 cm³/mol. The van der Waals surface area contributed by atoms with Gasteiger partial charge >= 0.3 is 6.18 Å². The Labute approximate surface area is 208 Å². The van der Waals surface area contributed by atoms with Crippen molar-refractivity contribution in [2.75, 3.05) is 64.0 Å². The van der Waals surface area contributed by atoms with Crippen molar-refractivity contribution in [2.45, 2.75) is 38.3 Å². The van der Waals surface area contributed by atoms with Crippen molar-refractivity contribution >= 4 is 23.5 Å². The van der Waals surface area contributed by atoms with E-state index >= 15 is 0 Å². The molecule has 1 amide bonds. The lowest BCUT2D eigenvalue weighted by atomic mass is 9.97. The van der Waals surface area contributed by atoms with E-state index in [1.54, 1.807) is 6.92 Å². The van der Waals surface area contributed by atoms with Crippen molar-refractivity contribution in [1.82, 2.24) is 30.1 Å². The summed E-state index contributed by atoms with van der Waals surface area (Å²) in [7, 11) is 4.01. The highest BCUT2D eigenvalue weighted by molar-refractivity contribution is 5.79. The third-order valence-electron chi connectivity index (χ3n) is 6.59. The molecule has 2 saturated heterocycles. The van der Waals surface area contributed by atoms with Gasteiger partial charge in [-0.2, -0.15) is 23.1 Å². The average molecular weight is 511 g/mol. The van der Waals surface area contributed by atoms with Crippen LogP contribution in [-0.2, 0) is 11.0 Å². The number of nitrogens with zero attached hydrogens (tertiary/aromatic N) is 5. The van der Waals surface area contributed by atoms with E-state index in [1.807, 2.05) is 11.9 Å². The Morgan fingerprint density at radius 1 is 1.11 bits per heavy atom. The molecule has 2 aliphatic heterocycles. The van der Waals surface area contributed by atoms with Gasteiger partial charge in [-0.1, -0.05) is 0 Å². The van der Waals surface area contributed by atoms with E-state index in [-0.39, 0.29) is 36.1 Å². The van der Waals surface area contributed by atoms with E-state index in [2.05, 4.69) is 42.8 Å². The van der Waals surface area contributed by atoms with Gasteiger partial charge in [0.25, 0.3) is 0 Å². The van der Waals surface area contributed by atoms with Crippen LogP contribution in [0.3, 0.4) is 0 Å². The Morgan fingerprint density at radius 3 is 2.50 bits per heavy atom. The number of piperidine rings is 1. The lowest BCUT2D eigenvalue weighted by molar-refractivity contribution is -0.137. The van der Waals surface area contributed by atoms with Gasteiger partial charge in [0, 0.05) is 38.3 Å². The van der Waals surface area contributed by atoms with E-state index in [1.165, 1.54) is 0 Å². The number of carbonyl (C=O) groups excluding carboxylic acids is 1. The van der Waals surface area contributed by atoms with Gasteiger partial charge in [-0.15, -0.1) is 0 Å². The molecule has 0 bridgehead atoms. The molecule has 2 aromatic heterocycles. The molecule has 36 heavy (non-hydrogen) atoms. The molecule has 4 heterocycles. The fourth-order valence-corrected chi connectivity index (χ4v) is 4.37. The second kappa shape index (κ2) is 11.0. The van der Waals surface area contributed by atoms with E-state index in [0.29, 0.717) is 30.4 Å². The molecule has 3 N–H and O–H groups in total. The molecule has 10 nitrogen and oxygen atoms in total. The zero-order valence-corrected chi connectivity index (χ0v) is 20.8. The molecule has 198 valence electrons. The number of halogens is 3. The normalized spacial score (nSPS) is 18.2. The van der Waals surface area contributed by atoms with Crippen molar-refractivity contribution in [2.24, 2.45) is 5.92 Å². The molecule has 0 radical (unpaired) electrons. The number of nitrogens with one attached hydrogen (secondary N) is 3. The van der Waals surface area contributed by atoms with Gasteiger partial charge in [-0.05, 0) is 53.4 Å². The number of alkyl halides is 3. The number of carbonyl (C=O) groups is 1. The standard InChI is InChI=1S/C23H33F3N8O2/c1-14-18(30-21(36-14)15-5-9-33(2)10-6-15)31-22-29-11-17(23(24,25)26)19(32-22)27-7-4-8-28-20(35)16-12-34(3)13-16/h11,15-16H,4-10,12-13H2,1-3H3,(H,28,35)(H2,27,29,31,32). The van der Waals surface area contributed by atoms with Gasteiger partial charge in [0.2, 0.25) is 11.9 Å².